The van der Waals surface area contributed by atoms with Gasteiger partial charge >= 0.3 is 11.9 Å². The van der Waals surface area contributed by atoms with Gasteiger partial charge in [0, 0.05) is 89.8 Å². The van der Waals surface area contributed by atoms with Crippen molar-refractivity contribution < 1.29 is 19.1 Å². The molecule has 0 aromatic heterocycles. The largest absolute Gasteiger partial charge is 0.464 e. The topological polar surface area (TPSA) is 83.1 Å². The number of allylic oxidation sites excluding steroid dienone is 8. The van der Waals surface area contributed by atoms with Crippen LogP contribution in [0.2, 0.25) is 0 Å². The number of carbonyl (C=O) groups excluding carboxylic acids is 2. The molecule has 1 aliphatic rings. The Morgan fingerprint density at radius 3 is 1.40 bits per heavy atom. The van der Waals surface area contributed by atoms with E-state index in [9.17, 15) is 9.59 Å². The summed E-state index contributed by atoms with van der Waals surface area (Å²) in [6.45, 7) is 15.2. The minimum atomic E-state index is -0.0646. The third-order valence-corrected chi connectivity index (χ3v) is 13.1. The number of carbonyl (C=O) groups is 2. The zero-order valence-corrected chi connectivity index (χ0v) is 40.5. The lowest BCUT2D eigenvalue weighted by Gasteiger charge is -2.34. The number of ether oxygens (including phenoxy) is 2. The van der Waals surface area contributed by atoms with Crippen molar-refractivity contribution in [3.8, 4) is 0 Å². The van der Waals surface area contributed by atoms with E-state index in [1.54, 1.807) is 0 Å². The van der Waals surface area contributed by atoms with E-state index < -0.39 is 0 Å². The average molecular weight is 877 g/mol. The lowest BCUT2D eigenvalue weighted by atomic mass is 10.1. The number of nitrogens with zero attached hydrogens (tertiary/aromatic N) is 2. The molecule has 0 bridgehead atoms. The molecule has 1 aliphatic heterocycles. The molecule has 10 heteroatoms. The fraction of sp³-hybridized carbons (Fsp3) is 0.800. The number of esters is 2. The third-order valence-electron chi connectivity index (χ3n) is 10.8. The van der Waals surface area contributed by atoms with E-state index in [4.69, 9.17) is 9.47 Å². The highest BCUT2D eigenvalue weighted by Crippen LogP contribution is 2.20. The predicted molar refractivity (Wildman–Crippen MR) is 264 cm³/mol. The van der Waals surface area contributed by atoms with Crippen molar-refractivity contribution in [2.75, 3.05) is 90.2 Å². The van der Waals surface area contributed by atoms with Crippen molar-refractivity contribution in [3.05, 3.63) is 48.6 Å². The molecule has 1 heterocycles. The molecule has 0 aliphatic carbocycles. The maximum Gasteiger partial charge on any atom is 0.305 e. The SMILES string of the molecule is CCCCC/C=C\C/C=C\CCCCCCCC(=O)OCCNCCNCCSSCCN1CCN(CCOC(=O)CCCCCCC/C=C\C/C=C\CCCCC)CC1. The van der Waals surface area contributed by atoms with Gasteiger partial charge in [0.1, 0.15) is 13.2 Å². The van der Waals surface area contributed by atoms with Gasteiger partial charge in [0.15, 0.2) is 0 Å². The summed E-state index contributed by atoms with van der Waals surface area (Å²) in [7, 11) is 3.91. The highest BCUT2D eigenvalue weighted by atomic mass is 33.1. The lowest BCUT2D eigenvalue weighted by Crippen LogP contribution is -2.47. The smallest absolute Gasteiger partial charge is 0.305 e. The molecule has 0 unspecified atom stereocenters. The molecule has 1 fully saturated rings. The Kier molecular flexibility index (Phi) is 44.2. The van der Waals surface area contributed by atoms with E-state index in [0.717, 1.165) is 122 Å². The van der Waals surface area contributed by atoms with Crippen LogP contribution >= 0.6 is 21.6 Å². The quantitative estimate of drug-likeness (QED) is 0.0267. The third kappa shape index (κ3) is 41.8. The summed E-state index contributed by atoms with van der Waals surface area (Å²) in [4.78, 5) is 29.2. The highest BCUT2D eigenvalue weighted by Gasteiger charge is 2.16. The summed E-state index contributed by atoms with van der Waals surface area (Å²) >= 11 is 0. The van der Waals surface area contributed by atoms with Crippen molar-refractivity contribution in [2.24, 2.45) is 0 Å². The summed E-state index contributed by atoms with van der Waals surface area (Å²) in [6, 6.07) is 0. The van der Waals surface area contributed by atoms with Crippen molar-refractivity contribution in [1.82, 2.24) is 20.4 Å². The van der Waals surface area contributed by atoms with Crippen LogP contribution in [0.5, 0.6) is 0 Å². The zero-order chi connectivity index (χ0) is 43.1. The van der Waals surface area contributed by atoms with E-state index in [2.05, 4.69) is 82.9 Å². The molecule has 2 N–H and O–H groups in total. The van der Waals surface area contributed by atoms with Crippen LogP contribution in [0.25, 0.3) is 0 Å². The minimum Gasteiger partial charge on any atom is -0.464 e. The first-order chi connectivity index (χ1) is 29.7. The molecular weight excluding hydrogens is 785 g/mol. The fourth-order valence-electron chi connectivity index (χ4n) is 6.89. The van der Waals surface area contributed by atoms with Gasteiger partial charge in [-0.2, -0.15) is 0 Å². The van der Waals surface area contributed by atoms with Gasteiger partial charge in [-0.15, -0.1) is 0 Å². The van der Waals surface area contributed by atoms with Gasteiger partial charge in [0.05, 0.1) is 0 Å². The maximum atomic E-state index is 12.2. The van der Waals surface area contributed by atoms with Gasteiger partial charge < -0.3 is 20.1 Å². The summed E-state index contributed by atoms with van der Waals surface area (Å²) in [5.41, 5.74) is 0. The number of hydrogen-bond donors (Lipinski definition) is 2. The first-order valence-electron chi connectivity index (χ1n) is 24.7. The Bertz CT molecular complexity index is 1060. The van der Waals surface area contributed by atoms with E-state index in [-0.39, 0.29) is 11.9 Å². The maximum absolute atomic E-state index is 12.2. The van der Waals surface area contributed by atoms with Crippen LogP contribution in [0.1, 0.15) is 168 Å². The van der Waals surface area contributed by atoms with Gasteiger partial charge in [-0.25, -0.2) is 0 Å². The van der Waals surface area contributed by atoms with Crippen molar-refractivity contribution >= 4 is 33.5 Å². The average Bonchev–Trinajstić information content (AvgIpc) is 3.25. The van der Waals surface area contributed by atoms with Crippen LogP contribution in [0, 0.1) is 0 Å². The van der Waals surface area contributed by atoms with Gasteiger partial charge in [-0.1, -0.05) is 148 Å². The van der Waals surface area contributed by atoms with Crippen LogP contribution in [0.3, 0.4) is 0 Å². The number of rotatable bonds is 44. The summed E-state index contributed by atoms with van der Waals surface area (Å²) < 4.78 is 10.9. The molecule has 60 heavy (non-hydrogen) atoms. The molecular formula is C50H92N4O4S2. The normalized spacial score (nSPS) is 14.2. The number of nitrogens with one attached hydrogen (secondary N) is 2. The number of piperazine rings is 1. The minimum absolute atomic E-state index is 0.0337. The van der Waals surface area contributed by atoms with Gasteiger partial charge in [-0.3, -0.25) is 19.4 Å². The molecule has 0 aromatic rings. The molecule has 0 amide bonds. The molecule has 0 saturated carbocycles. The second kappa shape index (κ2) is 46.9. The van der Waals surface area contributed by atoms with E-state index in [1.807, 2.05) is 21.6 Å². The number of unbranched alkanes of at least 4 members (excludes halogenated alkanes) is 16. The summed E-state index contributed by atoms with van der Waals surface area (Å²) in [6.07, 6.45) is 45.7. The molecule has 1 saturated heterocycles. The molecule has 8 nitrogen and oxygen atoms in total. The monoisotopic (exact) mass is 877 g/mol. The molecule has 0 aromatic carbocycles. The molecule has 0 spiro atoms. The van der Waals surface area contributed by atoms with Crippen LogP contribution in [-0.4, -0.2) is 112 Å². The van der Waals surface area contributed by atoms with E-state index in [1.165, 1.54) is 89.9 Å². The van der Waals surface area contributed by atoms with E-state index >= 15 is 0 Å². The highest BCUT2D eigenvalue weighted by molar-refractivity contribution is 8.76. The molecule has 348 valence electrons. The van der Waals surface area contributed by atoms with Crippen molar-refractivity contribution in [3.63, 3.8) is 0 Å². The fourth-order valence-corrected chi connectivity index (χ4v) is 8.87. The van der Waals surface area contributed by atoms with Crippen LogP contribution in [-0.2, 0) is 19.1 Å². The van der Waals surface area contributed by atoms with Gasteiger partial charge in [0.2, 0.25) is 0 Å². The van der Waals surface area contributed by atoms with Crippen molar-refractivity contribution in [2.45, 2.75) is 168 Å². The molecule has 0 radical (unpaired) electrons. The van der Waals surface area contributed by atoms with Gasteiger partial charge in [-0.05, 0) is 77.0 Å². The second-order valence-corrected chi connectivity index (χ2v) is 18.9. The van der Waals surface area contributed by atoms with Crippen molar-refractivity contribution in [1.29, 1.82) is 0 Å². The Hall–Kier alpha value is -1.56. The Morgan fingerprint density at radius 1 is 0.467 bits per heavy atom. The van der Waals surface area contributed by atoms with Gasteiger partial charge in [0.25, 0.3) is 0 Å². The van der Waals surface area contributed by atoms with Crippen LogP contribution in [0.15, 0.2) is 48.6 Å². The molecule has 0 atom stereocenters. The lowest BCUT2D eigenvalue weighted by molar-refractivity contribution is -0.145. The standard InChI is InChI=1S/C50H92N4O4S2/c1-3-5-7-9-11-13-15-17-19-21-23-25-27-29-31-33-49(55)57-45-37-51-35-36-52-38-47-59-60-48-44-54-41-39-53(40-42-54)43-46-58-50(56)34-32-30-28-26-24-22-20-18-16-14-12-10-8-6-4-2/h11-14,17-20,51-52H,3-10,15-16,21-48H2,1-2H3/b13-11-,14-12-,19-17-,20-18-. The first-order valence-corrected chi connectivity index (χ1v) is 27.2. The van der Waals surface area contributed by atoms with Crippen LogP contribution in [0.4, 0.5) is 0 Å². The Balaban J connectivity index is 1.79. The summed E-state index contributed by atoms with van der Waals surface area (Å²) in [5.74, 6) is 2.14. The second-order valence-electron chi connectivity index (χ2n) is 16.2. The first kappa shape index (κ1) is 56.5. The Labute approximate surface area is 378 Å². The zero-order valence-electron chi connectivity index (χ0n) is 38.8. The van der Waals surface area contributed by atoms with Crippen LogP contribution < -0.4 is 10.6 Å². The Morgan fingerprint density at radius 2 is 0.883 bits per heavy atom. The predicted octanol–water partition coefficient (Wildman–Crippen LogP) is 11.9. The number of hydrogen-bond acceptors (Lipinski definition) is 10. The summed E-state index contributed by atoms with van der Waals surface area (Å²) in [5, 5.41) is 6.85. The van der Waals surface area contributed by atoms with E-state index in [0.29, 0.717) is 32.6 Å². The molecule has 1 rings (SSSR count).